The first-order chi connectivity index (χ1) is 15.0. The van der Waals surface area contributed by atoms with Crippen LogP contribution in [0.5, 0.6) is 0 Å². The maximum atomic E-state index is 14.1. The van der Waals surface area contributed by atoms with Gasteiger partial charge in [-0.25, -0.2) is 4.79 Å². The van der Waals surface area contributed by atoms with Crippen LogP contribution in [0.1, 0.15) is 40.2 Å². The van der Waals surface area contributed by atoms with Crippen molar-refractivity contribution >= 4 is 14.3 Å². The fourth-order valence-corrected chi connectivity index (χ4v) is 4.36. The Bertz CT molecular complexity index is 807. The minimum absolute atomic E-state index is 0.0373. The molecule has 0 unspecified atom stereocenters. The Hall–Kier alpha value is -1.46. The number of carbonyl (C=O) groups excluding carboxylic acids is 1. The maximum absolute atomic E-state index is 14.1. The van der Waals surface area contributed by atoms with E-state index in [2.05, 4.69) is 33.9 Å². The number of alkyl halides is 3. The Morgan fingerprint density at radius 1 is 1.03 bits per heavy atom. The summed E-state index contributed by atoms with van der Waals surface area (Å²) < 4.78 is 70.1. The molecule has 1 aromatic carbocycles. The molecule has 0 bridgehead atoms. The Labute approximate surface area is 194 Å². The van der Waals surface area contributed by atoms with E-state index in [1.807, 2.05) is 0 Å². The normalized spacial score (nSPS) is 23.2. The summed E-state index contributed by atoms with van der Waals surface area (Å²) in [7, 11) is -1.28. The van der Waals surface area contributed by atoms with Gasteiger partial charge in [0.1, 0.15) is 18.8 Å². The minimum Gasteiger partial charge on any atom is -0.460 e. The highest BCUT2D eigenvalue weighted by Gasteiger charge is 2.64. The summed E-state index contributed by atoms with van der Waals surface area (Å²) in [6, 6.07) is 6.68. The van der Waals surface area contributed by atoms with E-state index in [4.69, 9.17) is 23.4 Å². The number of benzene rings is 1. The summed E-state index contributed by atoms with van der Waals surface area (Å²) in [5.74, 6) is -2.57. The quantitative estimate of drug-likeness (QED) is 0.368. The molecule has 2 rings (SSSR count). The van der Waals surface area contributed by atoms with Crippen molar-refractivity contribution in [1.29, 1.82) is 0 Å². The predicted octanol–water partition coefficient (Wildman–Crippen LogP) is 5.18. The van der Waals surface area contributed by atoms with Gasteiger partial charge in [-0.2, -0.15) is 13.2 Å². The van der Waals surface area contributed by atoms with E-state index < -0.39 is 50.7 Å². The van der Waals surface area contributed by atoms with Crippen molar-refractivity contribution in [3.8, 4) is 0 Å². The first-order valence-corrected chi connectivity index (χ1v) is 13.7. The third-order valence-corrected chi connectivity index (χ3v) is 10.8. The van der Waals surface area contributed by atoms with Crippen LogP contribution in [0.25, 0.3) is 0 Å². The molecule has 0 amide bonds. The van der Waals surface area contributed by atoms with Crippen LogP contribution in [-0.4, -0.2) is 58.8 Å². The highest BCUT2D eigenvalue weighted by molar-refractivity contribution is 6.74. The molecule has 0 aliphatic carbocycles. The summed E-state index contributed by atoms with van der Waals surface area (Å²) in [5.41, 5.74) is -3.62. The minimum atomic E-state index is -5.04. The van der Waals surface area contributed by atoms with Gasteiger partial charge in [-0.1, -0.05) is 51.1 Å². The number of methoxy groups -OCH3 is 1. The molecule has 0 N–H and O–H groups in total. The summed E-state index contributed by atoms with van der Waals surface area (Å²) in [6.45, 7) is 13.6. The van der Waals surface area contributed by atoms with Gasteiger partial charge >= 0.3 is 12.1 Å². The van der Waals surface area contributed by atoms with Gasteiger partial charge in [0.2, 0.25) is 0 Å². The summed E-state index contributed by atoms with van der Waals surface area (Å²) in [6.07, 6.45) is -6.45. The van der Waals surface area contributed by atoms with Gasteiger partial charge in [-0.3, -0.25) is 0 Å². The number of esters is 1. The molecule has 1 aliphatic heterocycles. The molecule has 1 saturated heterocycles. The van der Waals surface area contributed by atoms with E-state index in [0.29, 0.717) is 0 Å². The second kappa shape index (κ2) is 9.65. The first kappa shape index (κ1) is 27.8. The fourth-order valence-electron chi connectivity index (χ4n) is 3.34. The van der Waals surface area contributed by atoms with E-state index in [-0.39, 0.29) is 17.2 Å². The number of halogens is 3. The fraction of sp³-hybridized carbons (Fsp3) is 0.696. The van der Waals surface area contributed by atoms with Crippen LogP contribution < -0.4 is 0 Å². The molecule has 33 heavy (non-hydrogen) atoms. The van der Waals surface area contributed by atoms with Crippen molar-refractivity contribution in [3.63, 3.8) is 0 Å². The predicted molar refractivity (Wildman–Crippen MR) is 119 cm³/mol. The average molecular weight is 493 g/mol. The lowest BCUT2D eigenvalue weighted by molar-refractivity contribution is -0.277. The second-order valence-electron chi connectivity index (χ2n) is 10.1. The molecule has 6 nitrogen and oxygen atoms in total. The topological polar surface area (TPSA) is 63.2 Å². The molecule has 1 aromatic rings. The average Bonchev–Trinajstić information content (AvgIpc) is 2.98. The first-order valence-electron chi connectivity index (χ1n) is 10.8. The third kappa shape index (κ3) is 5.97. The Balaban J connectivity index is 2.19. The van der Waals surface area contributed by atoms with E-state index in [0.717, 1.165) is 7.11 Å². The summed E-state index contributed by atoms with van der Waals surface area (Å²) in [5, 5.41) is -0.0373. The summed E-state index contributed by atoms with van der Waals surface area (Å²) in [4.78, 5) is 12.8. The molecule has 1 fully saturated rings. The van der Waals surface area contributed by atoms with Crippen LogP contribution in [-0.2, 0) is 33.8 Å². The van der Waals surface area contributed by atoms with Gasteiger partial charge in [0.25, 0.3) is 5.60 Å². The lowest BCUT2D eigenvalue weighted by Crippen LogP contribution is -2.52. The second-order valence-corrected chi connectivity index (χ2v) is 14.9. The van der Waals surface area contributed by atoms with Crippen LogP contribution in [0.3, 0.4) is 0 Å². The molecule has 0 radical (unpaired) electrons. The molecule has 1 heterocycles. The lowest BCUT2D eigenvalue weighted by atomic mass is 9.92. The van der Waals surface area contributed by atoms with Gasteiger partial charge in [-0.05, 0) is 32.0 Å². The van der Waals surface area contributed by atoms with Crippen molar-refractivity contribution < 1.29 is 41.3 Å². The van der Waals surface area contributed by atoms with Gasteiger partial charge in [0, 0.05) is 12.7 Å². The zero-order chi connectivity index (χ0) is 25.3. The number of rotatable bonds is 8. The van der Waals surface area contributed by atoms with Gasteiger partial charge in [0.05, 0.1) is 6.61 Å². The molecule has 10 heteroatoms. The molecule has 0 aromatic heterocycles. The highest BCUT2D eigenvalue weighted by Crippen LogP contribution is 2.43. The lowest BCUT2D eigenvalue weighted by Gasteiger charge is -2.37. The molecule has 3 atom stereocenters. The van der Waals surface area contributed by atoms with Crippen molar-refractivity contribution in [2.24, 2.45) is 0 Å². The number of hydrogen-bond acceptors (Lipinski definition) is 6. The molecular formula is C23H35F3O6Si. The van der Waals surface area contributed by atoms with Crippen LogP contribution in [0.15, 0.2) is 30.3 Å². The highest BCUT2D eigenvalue weighted by atomic mass is 28.4. The van der Waals surface area contributed by atoms with Crippen molar-refractivity contribution in [1.82, 2.24) is 0 Å². The van der Waals surface area contributed by atoms with E-state index in [9.17, 15) is 18.0 Å². The zero-order valence-corrected chi connectivity index (χ0v) is 21.5. The smallest absolute Gasteiger partial charge is 0.432 e. The number of carbonyl (C=O) groups is 1. The SMILES string of the molecule is CO[C@@](C(=O)OC[C@H]1OC(C)(C)O[C@@H]1CO[Si](C)(C)C(C)(C)C)(c1ccccc1)C(F)(F)F. The van der Waals surface area contributed by atoms with Crippen LogP contribution >= 0.6 is 0 Å². The van der Waals surface area contributed by atoms with Crippen LogP contribution in [0, 0.1) is 0 Å². The molecule has 1 aliphatic rings. The number of hydrogen-bond donors (Lipinski definition) is 0. The largest absolute Gasteiger partial charge is 0.460 e. The van der Waals surface area contributed by atoms with E-state index >= 15 is 0 Å². The van der Waals surface area contributed by atoms with E-state index in [1.165, 1.54) is 24.3 Å². The monoisotopic (exact) mass is 492 g/mol. The maximum Gasteiger partial charge on any atom is 0.432 e. The van der Waals surface area contributed by atoms with Crippen LogP contribution in [0.2, 0.25) is 18.1 Å². The zero-order valence-electron chi connectivity index (χ0n) is 20.5. The Kier molecular flexibility index (Phi) is 8.13. The molecular weight excluding hydrogens is 457 g/mol. The Morgan fingerprint density at radius 2 is 1.55 bits per heavy atom. The molecule has 0 saturated carbocycles. The Morgan fingerprint density at radius 3 is 2.00 bits per heavy atom. The van der Waals surface area contributed by atoms with Crippen molar-refractivity contribution in [2.45, 2.75) is 82.5 Å². The van der Waals surface area contributed by atoms with Crippen molar-refractivity contribution in [3.05, 3.63) is 35.9 Å². The van der Waals surface area contributed by atoms with E-state index in [1.54, 1.807) is 19.9 Å². The summed E-state index contributed by atoms with van der Waals surface area (Å²) >= 11 is 0. The molecule has 188 valence electrons. The third-order valence-electron chi connectivity index (χ3n) is 6.25. The number of ether oxygens (including phenoxy) is 4. The standard InChI is InChI=1S/C23H35F3O6Si/c1-20(2,3)33(7,8)30-15-18-17(31-21(4,5)32-18)14-29-19(27)22(28-6,23(24,25)26)16-12-10-9-11-13-16/h9-13,17-18H,14-15H2,1-8H3/t17-,18-,22-/m1/s1. The van der Waals surface area contributed by atoms with Gasteiger partial charge < -0.3 is 23.4 Å². The van der Waals surface area contributed by atoms with Gasteiger partial charge in [-0.15, -0.1) is 0 Å². The van der Waals surface area contributed by atoms with Crippen molar-refractivity contribution in [2.75, 3.05) is 20.3 Å². The molecule has 0 spiro atoms. The van der Waals surface area contributed by atoms with Crippen LogP contribution in [0.4, 0.5) is 13.2 Å². The van der Waals surface area contributed by atoms with Gasteiger partial charge in [0.15, 0.2) is 14.1 Å².